The van der Waals surface area contributed by atoms with E-state index in [0.29, 0.717) is 16.5 Å². The van der Waals surface area contributed by atoms with Crippen molar-refractivity contribution >= 4 is 31.6 Å². The molecule has 0 amide bonds. The first-order valence-electron chi connectivity index (χ1n) is 5.83. The number of fused-ring (bicyclic) bond motifs is 1. The van der Waals surface area contributed by atoms with Crippen molar-refractivity contribution in [2.24, 2.45) is 5.14 Å². The first kappa shape index (κ1) is 13.2. The van der Waals surface area contributed by atoms with E-state index in [2.05, 4.69) is 10.1 Å². The number of sulfonamides is 1. The molecule has 0 atom stereocenters. The average molecular weight is 308 g/mol. The molecular weight excluding hydrogens is 296 g/mol. The van der Waals surface area contributed by atoms with Gasteiger partial charge >= 0.3 is 0 Å². The molecule has 0 fully saturated rings. The van der Waals surface area contributed by atoms with Crippen LogP contribution in [0.2, 0.25) is 0 Å². The number of benzene rings is 1. The summed E-state index contributed by atoms with van der Waals surface area (Å²) < 4.78 is 25.7. The van der Waals surface area contributed by atoms with Crippen LogP contribution < -0.4 is 5.14 Å². The first-order valence-corrected chi connectivity index (χ1v) is 8.19. The Hall–Kier alpha value is -1.77. The Bertz CT molecular complexity index is 876. The number of hydrogen-bond acceptors (Lipinski definition) is 5. The highest BCUT2D eigenvalue weighted by molar-refractivity contribution is 7.89. The van der Waals surface area contributed by atoms with Crippen molar-refractivity contribution in [1.29, 1.82) is 0 Å². The minimum Gasteiger partial charge on any atom is -0.225 e. The van der Waals surface area contributed by atoms with Crippen LogP contribution in [0, 0.1) is 13.8 Å². The number of aromatic nitrogens is 3. The van der Waals surface area contributed by atoms with Gasteiger partial charge in [0.15, 0.2) is 0 Å². The van der Waals surface area contributed by atoms with Crippen LogP contribution >= 0.6 is 11.3 Å². The molecule has 1 aromatic carbocycles. The highest BCUT2D eigenvalue weighted by Crippen LogP contribution is 2.27. The molecule has 20 heavy (non-hydrogen) atoms. The Balaban J connectivity index is 2.25. The summed E-state index contributed by atoms with van der Waals surface area (Å²) in [5.41, 5.74) is 1.71. The molecular formula is C12H12N4O2S2. The topological polar surface area (TPSA) is 90.9 Å². The van der Waals surface area contributed by atoms with Crippen LogP contribution in [0.1, 0.15) is 11.4 Å². The fourth-order valence-corrected chi connectivity index (χ4v) is 4.10. The highest BCUT2D eigenvalue weighted by atomic mass is 32.2. The number of primary sulfonamides is 1. The van der Waals surface area contributed by atoms with E-state index in [9.17, 15) is 8.42 Å². The van der Waals surface area contributed by atoms with Crippen LogP contribution in [0.4, 0.5) is 0 Å². The van der Waals surface area contributed by atoms with Crippen LogP contribution in [0.5, 0.6) is 0 Å². The van der Waals surface area contributed by atoms with E-state index in [4.69, 9.17) is 5.14 Å². The lowest BCUT2D eigenvalue weighted by molar-refractivity contribution is 0.596. The first-order chi connectivity index (χ1) is 9.38. The Morgan fingerprint density at radius 2 is 1.95 bits per heavy atom. The maximum atomic E-state index is 11.6. The largest absolute Gasteiger partial charge is 0.241 e. The molecule has 6 nitrogen and oxygen atoms in total. The predicted octanol–water partition coefficient (Wildman–Crippen LogP) is 1.75. The zero-order valence-corrected chi connectivity index (χ0v) is 12.5. The van der Waals surface area contributed by atoms with Gasteiger partial charge in [-0.05, 0) is 26.0 Å². The Morgan fingerprint density at radius 1 is 1.25 bits per heavy atom. The predicted molar refractivity (Wildman–Crippen MR) is 77.6 cm³/mol. The van der Waals surface area contributed by atoms with Crippen LogP contribution in [0.25, 0.3) is 15.3 Å². The summed E-state index contributed by atoms with van der Waals surface area (Å²) in [6.07, 6.45) is 0. The summed E-state index contributed by atoms with van der Waals surface area (Å²) in [5.74, 6) is 0. The summed E-state index contributed by atoms with van der Waals surface area (Å²) in [4.78, 5) is 4.53. The van der Waals surface area contributed by atoms with Gasteiger partial charge in [0, 0.05) is 0 Å². The van der Waals surface area contributed by atoms with Gasteiger partial charge in [-0.1, -0.05) is 23.5 Å². The van der Waals surface area contributed by atoms with Crippen molar-refractivity contribution in [3.8, 4) is 5.13 Å². The monoisotopic (exact) mass is 308 g/mol. The number of rotatable bonds is 2. The second-order valence-corrected chi connectivity index (χ2v) is 6.93. The number of hydrogen-bond donors (Lipinski definition) is 1. The molecule has 0 aliphatic rings. The van der Waals surface area contributed by atoms with E-state index in [0.717, 1.165) is 10.2 Å². The third-order valence-electron chi connectivity index (χ3n) is 2.97. The molecule has 3 rings (SSSR count). The number of nitrogens with zero attached hydrogens (tertiary/aromatic N) is 3. The standard InChI is InChI=1S/C12H12N4O2S2/c1-7-11(20(13,17)18)8(2)16(15-7)12-14-9-5-3-4-6-10(9)19-12/h3-6H,1-2H3,(H2,13,17,18). The lowest BCUT2D eigenvalue weighted by Crippen LogP contribution is -2.14. The van der Waals surface area contributed by atoms with Crippen molar-refractivity contribution in [1.82, 2.24) is 14.8 Å². The molecule has 2 N–H and O–H groups in total. The zero-order chi connectivity index (χ0) is 14.5. The molecule has 2 heterocycles. The van der Waals surface area contributed by atoms with E-state index in [1.54, 1.807) is 13.8 Å². The van der Waals surface area contributed by atoms with Gasteiger partial charge in [-0.3, -0.25) is 0 Å². The molecule has 2 aromatic heterocycles. The molecule has 8 heteroatoms. The molecule has 0 aliphatic carbocycles. The second-order valence-electron chi connectivity index (χ2n) is 4.42. The van der Waals surface area contributed by atoms with Gasteiger partial charge < -0.3 is 0 Å². The summed E-state index contributed by atoms with van der Waals surface area (Å²) in [6.45, 7) is 3.29. The smallest absolute Gasteiger partial charge is 0.225 e. The van der Waals surface area contributed by atoms with E-state index < -0.39 is 10.0 Å². The van der Waals surface area contributed by atoms with Crippen LogP contribution in [0.3, 0.4) is 0 Å². The second kappa shape index (κ2) is 4.37. The van der Waals surface area contributed by atoms with Crippen molar-refractivity contribution in [2.75, 3.05) is 0 Å². The SMILES string of the molecule is Cc1nn(-c2nc3ccccc3s2)c(C)c1S(N)(=O)=O. The van der Waals surface area contributed by atoms with Crippen molar-refractivity contribution in [3.63, 3.8) is 0 Å². The van der Waals surface area contributed by atoms with Crippen LogP contribution in [-0.2, 0) is 10.0 Å². The minimum atomic E-state index is -3.79. The third kappa shape index (κ3) is 2.01. The van der Waals surface area contributed by atoms with Crippen LogP contribution in [0.15, 0.2) is 29.2 Å². The Labute approximate surface area is 119 Å². The van der Waals surface area contributed by atoms with Gasteiger partial charge in [0.25, 0.3) is 0 Å². The van der Waals surface area contributed by atoms with Gasteiger partial charge in [0.1, 0.15) is 4.90 Å². The van der Waals surface area contributed by atoms with Gasteiger partial charge in [0.05, 0.1) is 21.6 Å². The molecule has 0 radical (unpaired) electrons. The van der Waals surface area contributed by atoms with E-state index in [1.807, 2.05) is 24.3 Å². The average Bonchev–Trinajstić information content (AvgIpc) is 2.88. The fraction of sp³-hybridized carbons (Fsp3) is 0.167. The molecule has 0 unspecified atom stereocenters. The number of nitrogens with two attached hydrogens (primary N) is 1. The normalized spacial score (nSPS) is 12.2. The van der Waals surface area contributed by atoms with E-state index in [1.165, 1.54) is 16.0 Å². The van der Waals surface area contributed by atoms with Crippen LogP contribution in [-0.4, -0.2) is 23.2 Å². The summed E-state index contributed by atoms with van der Waals surface area (Å²) in [6, 6.07) is 7.70. The number of aryl methyl sites for hydroxylation is 1. The van der Waals surface area contributed by atoms with Gasteiger partial charge in [-0.2, -0.15) is 5.10 Å². The number of thiazole rings is 1. The van der Waals surface area contributed by atoms with Gasteiger partial charge in [0.2, 0.25) is 15.2 Å². The van der Waals surface area contributed by atoms with Crippen molar-refractivity contribution in [3.05, 3.63) is 35.7 Å². The summed E-state index contributed by atoms with van der Waals surface area (Å²) in [5, 5.41) is 10.1. The van der Waals surface area contributed by atoms with Gasteiger partial charge in [-0.25, -0.2) is 23.2 Å². The molecule has 0 saturated heterocycles. The molecule has 0 spiro atoms. The number of para-hydroxylation sites is 1. The molecule has 104 valence electrons. The van der Waals surface area contributed by atoms with E-state index >= 15 is 0 Å². The summed E-state index contributed by atoms with van der Waals surface area (Å²) >= 11 is 1.45. The summed E-state index contributed by atoms with van der Waals surface area (Å²) in [7, 11) is -3.79. The quantitative estimate of drug-likeness (QED) is 0.780. The van der Waals surface area contributed by atoms with Gasteiger partial charge in [-0.15, -0.1) is 0 Å². The lowest BCUT2D eigenvalue weighted by atomic mass is 10.3. The van der Waals surface area contributed by atoms with E-state index in [-0.39, 0.29) is 4.90 Å². The Morgan fingerprint density at radius 3 is 2.55 bits per heavy atom. The van der Waals surface area contributed by atoms with Crippen molar-refractivity contribution in [2.45, 2.75) is 18.7 Å². The highest BCUT2D eigenvalue weighted by Gasteiger charge is 2.22. The molecule has 0 bridgehead atoms. The molecule has 0 saturated carbocycles. The maximum Gasteiger partial charge on any atom is 0.241 e. The molecule has 0 aliphatic heterocycles. The third-order valence-corrected chi connectivity index (χ3v) is 5.15. The van der Waals surface area contributed by atoms with Crippen molar-refractivity contribution < 1.29 is 8.42 Å². The fourth-order valence-electron chi connectivity index (χ4n) is 2.18. The molecule has 3 aromatic rings. The maximum absolute atomic E-state index is 11.6. The lowest BCUT2D eigenvalue weighted by Gasteiger charge is -1.99. The Kier molecular flexibility index (Phi) is 2.89. The zero-order valence-electron chi connectivity index (χ0n) is 10.9. The minimum absolute atomic E-state index is 0.0664.